The van der Waals surface area contributed by atoms with Gasteiger partial charge in [-0.1, -0.05) is 12.1 Å². The minimum absolute atomic E-state index is 0.0762. The molecule has 76 valence electrons. The third-order valence-corrected chi connectivity index (χ3v) is 1.87. The fourth-order valence-electron chi connectivity index (χ4n) is 1.16. The summed E-state index contributed by atoms with van der Waals surface area (Å²) in [7, 11) is 1.54. The smallest absolute Gasteiger partial charge is 0.220 e. The molecule has 0 radical (unpaired) electrons. The minimum Gasteiger partial charge on any atom is -0.497 e. The first kappa shape index (κ1) is 10.5. The van der Waals surface area contributed by atoms with Crippen molar-refractivity contribution in [2.75, 3.05) is 7.11 Å². The number of primary amides is 1. The van der Waals surface area contributed by atoms with Gasteiger partial charge in [-0.3, -0.25) is 4.79 Å². The van der Waals surface area contributed by atoms with Gasteiger partial charge in [-0.05, 0) is 17.7 Å². The molecule has 0 unspecified atom stereocenters. The van der Waals surface area contributed by atoms with E-state index in [-0.39, 0.29) is 6.42 Å². The van der Waals surface area contributed by atoms with Crippen molar-refractivity contribution in [1.29, 1.82) is 0 Å². The molecule has 0 aliphatic carbocycles. The fourth-order valence-corrected chi connectivity index (χ4v) is 1.16. The molecular weight excluding hydrogens is 182 g/mol. The highest BCUT2D eigenvalue weighted by Crippen LogP contribution is 2.20. The Morgan fingerprint density at radius 1 is 1.64 bits per heavy atom. The lowest BCUT2D eigenvalue weighted by Crippen LogP contribution is -2.14. The lowest BCUT2D eigenvalue weighted by atomic mass is 10.1. The highest BCUT2D eigenvalue weighted by Gasteiger charge is 2.10. The van der Waals surface area contributed by atoms with Crippen molar-refractivity contribution in [2.24, 2.45) is 5.73 Å². The number of hydrogen-bond donors (Lipinski definition) is 2. The van der Waals surface area contributed by atoms with Crippen LogP contribution in [0.15, 0.2) is 24.3 Å². The Morgan fingerprint density at radius 2 is 2.36 bits per heavy atom. The van der Waals surface area contributed by atoms with E-state index in [1.807, 2.05) is 0 Å². The highest BCUT2D eigenvalue weighted by atomic mass is 16.5. The van der Waals surface area contributed by atoms with Crippen LogP contribution in [-0.2, 0) is 4.79 Å². The first-order valence-corrected chi connectivity index (χ1v) is 4.24. The number of carbonyl (C=O) groups is 1. The summed E-state index contributed by atoms with van der Waals surface area (Å²) in [6.45, 7) is 0. The number of benzene rings is 1. The third kappa shape index (κ3) is 2.74. The molecule has 3 N–H and O–H groups in total. The monoisotopic (exact) mass is 195 g/mol. The van der Waals surface area contributed by atoms with Gasteiger partial charge in [0.25, 0.3) is 0 Å². The van der Waals surface area contributed by atoms with Gasteiger partial charge < -0.3 is 15.6 Å². The second kappa shape index (κ2) is 4.62. The van der Waals surface area contributed by atoms with E-state index in [9.17, 15) is 9.90 Å². The number of methoxy groups -OCH3 is 1. The Bertz CT molecular complexity index is 325. The van der Waals surface area contributed by atoms with E-state index in [0.717, 1.165) is 0 Å². The summed E-state index contributed by atoms with van der Waals surface area (Å²) in [6, 6.07) is 6.91. The van der Waals surface area contributed by atoms with Crippen molar-refractivity contribution in [3.63, 3.8) is 0 Å². The number of amides is 1. The van der Waals surface area contributed by atoms with Crippen LogP contribution >= 0.6 is 0 Å². The molecule has 0 spiro atoms. The van der Waals surface area contributed by atoms with Gasteiger partial charge in [-0.15, -0.1) is 0 Å². The van der Waals surface area contributed by atoms with E-state index in [0.29, 0.717) is 11.3 Å². The first-order valence-electron chi connectivity index (χ1n) is 4.24. The van der Waals surface area contributed by atoms with Crippen molar-refractivity contribution in [2.45, 2.75) is 12.5 Å². The molecule has 0 bridgehead atoms. The summed E-state index contributed by atoms with van der Waals surface area (Å²) in [5.74, 6) is 0.117. The third-order valence-electron chi connectivity index (χ3n) is 1.87. The van der Waals surface area contributed by atoms with Crippen molar-refractivity contribution >= 4 is 5.91 Å². The molecule has 14 heavy (non-hydrogen) atoms. The Kier molecular flexibility index (Phi) is 3.48. The molecule has 4 heteroatoms. The second-order valence-electron chi connectivity index (χ2n) is 2.96. The lowest BCUT2D eigenvalue weighted by Gasteiger charge is -2.09. The molecule has 1 rings (SSSR count). The summed E-state index contributed by atoms with van der Waals surface area (Å²) < 4.78 is 4.98. The molecular formula is C10H13NO3. The quantitative estimate of drug-likeness (QED) is 0.739. The number of aliphatic hydroxyl groups excluding tert-OH is 1. The molecule has 0 fully saturated rings. The standard InChI is InChI=1S/C10H13NO3/c1-14-8-4-2-3-7(5-8)9(12)6-10(11)13/h2-5,9,12H,6H2,1H3,(H2,11,13)/t9-/m1/s1. The van der Waals surface area contributed by atoms with E-state index < -0.39 is 12.0 Å². The number of hydrogen-bond acceptors (Lipinski definition) is 3. The number of aliphatic hydroxyl groups is 1. The first-order chi connectivity index (χ1) is 6.63. The minimum atomic E-state index is -0.859. The van der Waals surface area contributed by atoms with Crippen LogP contribution in [0.3, 0.4) is 0 Å². The van der Waals surface area contributed by atoms with Crippen LogP contribution in [0, 0.1) is 0 Å². The molecule has 1 atom stereocenters. The second-order valence-corrected chi connectivity index (χ2v) is 2.96. The average Bonchev–Trinajstić information content (AvgIpc) is 2.17. The van der Waals surface area contributed by atoms with E-state index in [4.69, 9.17) is 10.5 Å². The SMILES string of the molecule is COc1cccc([C@H](O)CC(N)=O)c1. The molecule has 0 aromatic heterocycles. The van der Waals surface area contributed by atoms with Gasteiger partial charge in [0.2, 0.25) is 5.91 Å². The maximum atomic E-state index is 10.6. The molecule has 0 aliphatic heterocycles. The maximum absolute atomic E-state index is 10.6. The van der Waals surface area contributed by atoms with Crippen molar-refractivity contribution < 1.29 is 14.6 Å². The zero-order valence-corrected chi connectivity index (χ0v) is 7.93. The number of ether oxygens (including phenoxy) is 1. The van der Waals surface area contributed by atoms with Crippen LogP contribution in [0.2, 0.25) is 0 Å². The van der Waals surface area contributed by atoms with Gasteiger partial charge in [0.1, 0.15) is 5.75 Å². The Balaban J connectivity index is 2.78. The number of rotatable bonds is 4. The molecule has 1 aromatic rings. The zero-order valence-electron chi connectivity index (χ0n) is 7.93. The summed E-state index contributed by atoms with van der Waals surface area (Å²) in [4.78, 5) is 10.6. The summed E-state index contributed by atoms with van der Waals surface area (Å²) >= 11 is 0. The van der Waals surface area contributed by atoms with Gasteiger partial charge in [0.15, 0.2) is 0 Å². The van der Waals surface area contributed by atoms with Crippen LogP contribution in [-0.4, -0.2) is 18.1 Å². The fraction of sp³-hybridized carbons (Fsp3) is 0.300. The van der Waals surface area contributed by atoms with Crippen LogP contribution in [0.25, 0.3) is 0 Å². The molecule has 0 saturated carbocycles. The summed E-state index contributed by atoms with van der Waals surface area (Å²) in [6.07, 6.45) is -0.935. The van der Waals surface area contributed by atoms with Gasteiger partial charge in [0, 0.05) is 0 Å². The molecule has 0 aliphatic rings. The van der Waals surface area contributed by atoms with Crippen molar-refractivity contribution in [3.05, 3.63) is 29.8 Å². The van der Waals surface area contributed by atoms with E-state index >= 15 is 0 Å². The normalized spacial score (nSPS) is 12.1. The van der Waals surface area contributed by atoms with E-state index in [2.05, 4.69) is 0 Å². The number of nitrogens with two attached hydrogens (primary N) is 1. The largest absolute Gasteiger partial charge is 0.497 e. The van der Waals surface area contributed by atoms with Crippen molar-refractivity contribution in [1.82, 2.24) is 0 Å². The van der Waals surface area contributed by atoms with E-state index in [1.54, 1.807) is 31.4 Å². The Morgan fingerprint density at radius 3 is 2.93 bits per heavy atom. The van der Waals surface area contributed by atoms with Gasteiger partial charge in [-0.2, -0.15) is 0 Å². The predicted octanol–water partition coefficient (Wildman–Crippen LogP) is 0.604. The van der Waals surface area contributed by atoms with Crippen LogP contribution in [0.1, 0.15) is 18.1 Å². The van der Waals surface area contributed by atoms with Gasteiger partial charge in [0.05, 0.1) is 19.6 Å². The zero-order chi connectivity index (χ0) is 10.6. The molecule has 4 nitrogen and oxygen atoms in total. The lowest BCUT2D eigenvalue weighted by molar-refractivity contribution is -0.119. The topological polar surface area (TPSA) is 72.6 Å². The summed E-state index contributed by atoms with van der Waals surface area (Å²) in [5.41, 5.74) is 5.60. The van der Waals surface area contributed by atoms with E-state index in [1.165, 1.54) is 0 Å². The van der Waals surface area contributed by atoms with Crippen LogP contribution < -0.4 is 10.5 Å². The molecule has 1 amide bonds. The van der Waals surface area contributed by atoms with Gasteiger partial charge in [-0.25, -0.2) is 0 Å². The van der Waals surface area contributed by atoms with Crippen LogP contribution in [0.5, 0.6) is 5.75 Å². The Hall–Kier alpha value is -1.55. The van der Waals surface area contributed by atoms with Crippen molar-refractivity contribution in [3.8, 4) is 5.75 Å². The summed E-state index contributed by atoms with van der Waals surface area (Å²) in [5, 5.41) is 9.55. The van der Waals surface area contributed by atoms with Crippen LogP contribution in [0.4, 0.5) is 0 Å². The molecule has 0 heterocycles. The van der Waals surface area contributed by atoms with Gasteiger partial charge >= 0.3 is 0 Å². The highest BCUT2D eigenvalue weighted by molar-refractivity contribution is 5.74. The number of carbonyl (C=O) groups excluding carboxylic acids is 1. The maximum Gasteiger partial charge on any atom is 0.220 e. The molecule has 1 aromatic carbocycles. The predicted molar refractivity (Wildman–Crippen MR) is 51.8 cm³/mol. The average molecular weight is 195 g/mol. The molecule has 0 saturated heterocycles. The Labute approximate surface area is 82.3 Å².